The maximum atomic E-state index is 14.4. The van der Waals surface area contributed by atoms with Crippen molar-refractivity contribution < 1.29 is 28.6 Å². The standard InChI is InChI=1S/C50H45N5O6S3/c1-58-54-41(40-31-64-49(51-40)53-50(37-21-11-4-12-22-37,38-23-13-5-14-24-38)39-25-15-6-16-26-39)45(56)52-42-46(57)55-43(36(30-63-47(42)55)27-33-28-59-32-60-29-33)48(62)61-44(34-17-7-2-8-18-34)35-19-9-3-10-20-35/h2-26,31,33,42,44,47H,27-30,32H2,1H3,(H,51,53)(H,52,56)/b54-41+/t42?,47-/m1/s1. The van der Waals surface area contributed by atoms with Gasteiger partial charge in [0.05, 0.1) is 18.9 Å². The maximum Gasteiger partial charge on any atom is 0.276 e. The zero-order valence-corrected chi connectivity index (χ0v) is 37.3. The van der Waals surface area contributed by atoms with Crippen LogP contribution in [0.4, 0.5) is 5.13 Å². The summed E-state index contributed by atoms with van der Waals surface area (Å²) in [6.07, 6.45) is 0.0829. The van der Waals surface area contributed by atoms with E-state index in [9.17, 15) is 9.59 Å². The fraction of sp³-hybridized carbons (Fsp3) is 0.220. The van der Waals surface area contributed by atoms with Crippen molar-refractivity contribution in [3.8, 4) is 0 Å². The average Bonchev–Trinajstić information content (AvgIpc) is 3.82. The largest absolute Gasteiger partial charge is 0.469 e. The van der Waals surface area contributed by atoms with Gasteiger partial charge in [0.1, 0.15) is 42.7 Å². The number of ether oxygens (including phenoxy) is 3. The summed E-state index contributed by atoms with van der Waals surface area (Å²) in [7, 11) is 1.37. The first-order chi connectivity index (χ1) is 31.4. The molecule has 5 aromatic carbocycles. The molecule has 3 aliphatic rings. The van der Waals surface area contributed by atoms with Gasteiger partial charge in [-0.2, -0.15) is 0 Å². The van der Waals surface area contributed by atoms with Crippen molar-refractivity contribution in [3.05, 3.63) is 202 Å². The van der Waals surface area contributed by atoms with E-state index in [0.29, 0.717) is 36.2 Å². The number of thioether (sulfide) groups is 1. The highest BCUT2D eigenvalue weighted by Crippen LogP contribution is 2.44. The zero-order valence-electron chi connectivity index (χ0n) is 34.9. The van der Waals surface area contributed by atoms with Crippen LogP contribution in [0.25, 0.3) is 0 Å². The van der Waals surface area contributed by atoms with Crippen molar-refractivity contribution in [3.63, 3.8) is 0 Å². The first kappa shape index (κ1) is 43.1. The van der Waals surface area contributed by atoms with Crippen molar-refractivity contribution >= 4 is 63.0 Å². The second-order valence-electron chi connectivity index (χ2n) is 15.5. The van der Waals surface area contributed by atoms with Crippen LogP contribution in [0, 0.1) is 5.92 Å². The topological polar surface area (TPSA) is 124 Å². The minimum atomic E-state index is -0.877. The van der Waals surface area contributed by atoms with Crippen molar-refractivity contribution in [1.29, 1.82) is 0 Å². The Labute approximate surface area is 385 Å². The molecule has 64 heavy (non-hydrogen) atoms. The van der Waals surface area contributed by atoms with E-state index in [4.69, 9.17) is 36.3 Å². The smallest absolute Gasteiger partial charge is 0.276 e. The number of thiazole rings is 1. The molecule has 0 spiro atoms. The summed E-state index contributed by atoms with van der Waals surface area (Å²) in [6, 6.07) is 49.4. The molecule has 0 bridgehead atoms. The highest BCUT2D eigenvalue weighted by molar-refractivity contribution is 8.00. The number of nitrogens with zero attached hydrogens (tertiary/aromatic N) is 3. The zero-order chi connectivity index (χ0) is 43.9. The summed E-state index contributed by atoms with van der Waals surface area (Å²) in [6.45, 7) is 1.32. The lowest BCUT2D eigenvalue weighted by Gasteiger charge is -2.50. The maximum absolute atomic E-state index is 14.4. The molecule has 2 N–H and O–H groups in total. The number of carbonyl (C=O) groups excluding carboxylic acids is 2. The predicted molar refractivity (Wildman–Crippen MR) is 254 cm³/mol. The molecule has 2 amide bonds. The number of fused-ring (bicyclic) bond motifs is 1. The van der Waals surface area contributed by atoms with Crippen LogP contribution >= 0.6 is 35.3 Å². The second kappa shape index (κ2) is 19.7. The van der Waals surface area contributed by atoms with Gasteiger partial charge in [0.2, 0.25) is 5.05 Å². The van der Waals surface area contributed by atoms with Crippen molar-refractivity contribution in [2.75, 3.05) is 38.2 Å². The monoisotopic (exact) mass is 907 g/mol. The number of carbonyl (C=O) groups is 2. The molecule has 6 aromatic rings. The van der Waals surface area contributed by atoms with Crippen molar-refractivity contribution in [2.45, 2.75) is 29.5 Å². The molecule has 4 heterocycles. The molecule has 1 aromatic heterocycles. The normalized spacial score (nSPS) is 17.9. The van der Waals surface area contributed by atoms with Crippen LogP contribution in [0.1, 0.15) is 46.0 Å². The first-order valence-electron chi connectivity index (χ1n) is 20.9. The number of nitrogens with one attached hydrogen (secondary N) is 2. The predicted octanol–water partition coefficient (Wildman–Crippen LogP) is 8.70. The van der Waals surface area contributed by atoms with Gasteiger partial charge in [-0.3, -0.25) is 14.5 Å². The minimum Gasteiger partial charge on any atom is -0.469 e. The minimum absolute atomic E-state index is 0.0650. The lowest BCUT2D eigenvalue weighted by Crippen LogP contribution is -2.71. The van der Waals surface area contributed by atoms with Gasteiger partial charge in [0.25, 0.3) is 11.8 Å². The fourth-order valence-electron chi connectivity index (χ4n) is 8.46. The summed E-state index contributed by atoms with van der Waals surface area (Å²) >= 11 is 9.03. The van der Waals surface area contributed by atoms with Crippen molar-refractivity contribution in [2.24, 2.45) is 11.1 Å². The van der Waals surface area contributed by atoms with E-state index in [1.165, 1.54) is 18.4 Å². The molecule has 0 aliphatic carbocycles. The van der Waals surface area contributed by atoms with E-state index < -0.39 is 29.0 Å². The third kappa shape index (κ3) is 8.84. The Kier molecular flexibility index (Phi) is 13.3. The number of amides is 2. The van der Waals surface area contributed by atoms with E-state index in [1.807, 2.05) is 115 Å². The Morgan fingerprint density at radius 1 is 0.844 bits per heavy atom. The highest BCUT2D eigenvalue weighted by atomic mass is 32.2. The number of hydrogen-bond acceptors (Lipinski definition) is 12. The molecule has 2 atom stereocenters. The van der Waals surface area contributed by atoms with E-state index in [-0.39, 0.29) is 35.1 Å². The number of rotatable bonds is 15. The van der Waals surface area contributed by atoms with Gasteiger partial charge >= 0.3 is 0 Å². The number of benzene rings is 5. The molecule has 324 valence electrons. The Morgan fingerprint density at radius 2 is 1.38 bits per heavy atom. The number of β-lactam (4-membered cyclic amide) rings is 1. The van der Waals surface area contributed by atoms with Gasteiger partial charge in [-0.15, -0.1) is 23.1 Å². The number of anilines is 1. The molecule has 3 aliphatic heterocycles. The molecule has 0 saturated carbocycles. The molecule has 11 nitrogen and oxygen atoms in total. The van der Waals surface area contributed by atoms with Crippen LogP contribution in [0.15, 0.2) is 173 Å². The van der Waals surface area contributed by atoms with Gasteiger partial charge in [-0.05, 0) is 52.0 Å². The number of hydrogen-bond donors (Lipinski definition) is 2. The molecule has 2 saturated heterocycles. The Hall–Kier alpha value is -6.16. The van der Waals surface area contributed by atoms with E-state index in [0.717, 1.165) is 33.4 Å². The second-order valence-corrected chi connectivity index (χ2v) is 17.8. The van der Waals surface area contributed by atoms with Gasteiger partial charge in [-0.25, -0.2) is 4.98 Å². The number of thiocarbonyl (C=S) groups is 1. The van der Waals surface area contributed by atoms with Crippen LogP contribution in [0.3, 0.4) is 0 Å². The van der Waals surface area contributed by atoms with Gasteiger partial charge in [0.15, 0.2) is 10.8 Å². The molecule has 9 rings (SSSR count). The summed E-state index contributed by atoms with van der Waals surface area (Å²) in [5, 5.41) is 12.9. The molecular formula is C50H45N5O6S3. The first-order valence-corrected chi connectivity index (χ1v) is 23.2. The molecular weight excluding hydrogens is 863 g/mol. The lowest BCUT2D eigenvalue weighted by atomic mass is 9.77. The summed E-state index contributed by atoms with van der Waals surface area (Å²) < 4.78 is 18.0. The summed E-state index contributed by atoms with van der Waals surface area (Å²) in [5.74, 6) is -0.276. The van der Waals surface area contributed by atoms with E-state index in [1.54, 1.807) is 22.0 Å². The van der Waals surface area contributed by atoms with Crippen LogP contribution in [0.5, 0.6) is 0 Å². The fourth-order valence-corrected chi connectivity index (χ4v) is 10.9. The Morgan fingerprint density at radius 3 is 1.91 bits per heavy atom. The third-order valence-electron chi connectivity index (χ3n) is 11.4. The Bertz CT molecular complexity index is 2490. The summed E-state index contributed by atoms with van der Waals surface area (Å²) in [5.41, 5.74) is 5.75. The van der Waals surface area contributed by atoms with Gasteiger partial charge < -0.3 is 29.7 Å². The Balaban J connectivity index is 0.979. The molecule has 0 radical (unpaired) electrons. The van der Waals surface area contributed by atoms with E-state index >= 15 is 0 Å². The van der Waals surface area contributed by atoms with Crippen molar-refractivity contribution in [1.82, 2.24) is 15.2 Å². The van der Waals surface area contributed by atoms with E-state index in [2.05, 4.69) is 52.2 Å². The summed E-state index contributed by atoms with van der Waals surface area (Å²) in [4.78, 5) is 40.5. The molecule has 2 fully saturated rings. The number of aromatic nitrogens is 1. The third-order valence-corrected chi connectivity index (χ3v) is 13.8. The molecule has 14 heteroatoms. The van der Waals surface area contributed by atoms with Gasteiger partial charge in [-0.1, -0.05) is 157 Å². The van der Waals surface area contributed by atoms with Crippen LogP contribution in [-0.2, 0) is 34.2 Å². The van der Waals surface area contributed by atoms with Crippen LogP contribution in [0.2, 0.25) is 0 Å². The average molecular weight is 908 g/mol. The highest BCUT2D eigenvalue weighted by Gasteiger charge is 2.54. The quantitative estimate of drug-likeness (QED) is 0.0340. The molecule has 1 unspecified atom stereocenters. The lowest BCUT2D eigenvalue weighted by molar-refractivity contribution is -0.144. The van der Waals surface area contributed by atoms with Crippen LogP contribution < -0.4 is 10.6 Å². The number of oxime groups is 1. The SMILES string of the molecule is CO/N=C(/C(=O)NC1C(=O)N2C(C(=S)OC(c3ccccc3)c3ccccc3)=C(CC3COCOC3)CS[C@H]12)c1csc(NC(c2ccccc2)(c2ccccc2)c2ccccc2)n1. The van der Waals surface area contributed by atoms with Crippen LogP contribution in [-0.4, -0.2) is 76.7 Å². The van der Waals surface area contributed by atoms with Gasteiger partial charge in [0, 0.05) is 17.1 Å².